The van der Waals surface area contributed by atoms with Gasteiger partial charge in [-0.1, -0.05) is 30.3 Å². The van der Waals surface area contributed by atoms with E-state index in [9.17, 15) is 18.4 Å². The molecule has 1 aromatic carbocycles. The van der Waals surface area contributed by atoms with E-state index in [2.05, 4.69) is 5.32 Å². The third-order valence-electron chi connectivity index (χ3n) is 4.66. The van der Waals surface area contributed by atoms with Gasteiger partial charge in [-0.25, -0.2) is 0 Å². The van der Waals surface area contributed by atoms with Gasteiger partial charge in [-0.05, 0) is 12.8 Å². The number of halogens is 2. The highest BCUT2D eigenvalue weighted by Gasteiger charge is 2.45. The predicted octanol–water partition coefficient (Wildman–Crippen LogP) is 1.20. The van der Waals surface area contributed by atoms with Crippen molar-refractivity contribution in [3.63, 3.8) is 0 Å². The number of carbonyl (C=O) groups is 2. The Hall–Kier alpha value is -2.02. The van der Waals surface area contributed by atoms with Gasteiger partial charge in [0.05, 0.1) is 6.54 Å². The molecular formula is C17H21F2N3O2. The van der Waals surface area contributed by atoms with Crippen LogP contribution in [0.1, 0.15) is 18.4 Å². The van der Waals surface area contributed by atoms with Crippen molar-refractivity contribution in [2.75, 3.05) is 32.7 Å². The Kier molecular flexibility index (Phi) is 4.80. The van der Waals surface area contributed by atoms with Crippen LogP contribution in [0, 0.1) is 0 Å². The maximum atomic E-state index is 14.5. The molecule has 0 spiro atoms. The van der Waals surface area contributed by atoms with E-state index in [0.29, 0.717) is 26.1 Å². The van der Waals surface area contributed by atoms with Crippen LogP contribution in [0.5, 0.6) is 0 Å². The highest BCUT2D eigenvalue weighted by Crippen LogP contribution is 2.31. The first kappa shape index (κ1) is 16.8. The Morgan fingerprint density at radius 2 is 1.96 bits per heavy atom. The minimum absolute atomic E-state index is 0.0321. The van der Waals surface area contributed by atoms with Gasteiger partial charge in [0.1, 0.15) is 0 Å². The smallest absolute Gasteiger partial charge is 0.336 e. The molecule has 7 heteroatoms. The molecule has 3 rings (SSSR count). The monoisotopic (exact) mass is 337 g/mol. The van der Waals surface area contributed by atoms with Gasteiger partial charge in [0.2, 0.25) is 5.91 Å². The maximum Gasteiger partial charge on any atom is 0.349 e. The number of amides is 2. The molecule has 0 saturated carbocycles. The van der Waals surface area contributed by atoms with Gasteiger partial charge in [-0.15, -0.1) is 0 Å². The Balaban J connectivity index is 1.72. The molecule has 2 aliphatic rings. The van der Waals surface area contributed by atoms with Crippen molar-refractivity contribution < 1.29 is 18.4 Å². The van der Waals surface area contributed by atoms with Crippen LogP contribution in [0.3, 0.4) is 0 Å². The lowest BCUT2D eigenvalue weighted by atomic mass is 10.0. The highest BCUT2D eigenvalue weighted by molar-refractivity contribution is 5.85. The summed E-state index contributed by atoms with van der Waals surface area (Å²) in [5.74, 6) is -4.76. The standard InChI is InChI=1S/C17H21F2N3O2/c18-17(19,13-5-2-1-3-6-13)16(24)21-9-4-7-14(12-21)22-10-8-20-11-15(22)23/h1-3,5-6,14,20H,4,7-12H2. The molecule has 0 aliphatic carbocycles. The van der Waals surface area contributed by atoms with Gasteiger partial charge in [0, 0.05) is 37.8 Å². The topological polar surface area (TPSA) is 52.7 Å². The summed E-state index contributed by atoms with van der Waals surface area (Å²) in [5, 5.41) is 2.99. The summed E-state index contributed by atoms with van der Waals surface area (Å²) in [5.41, 5.74) is -0.296. The van der Waals surface area contributed by atoms with Gasteiger partial charge < -0.3 is 15.1 Å². The summed E-state index contributed by atoms with van der Waals surface area (Å²) >= 11 is 0. The fourth-order valence-corrected chi connectivity index (χ4v) is 3.37. The van der Waals surface area contributed by atoms with Crippen LogP contribution in [0.25, 0.3) is 0 Å². The number of nitrogens with one attached hydrogen (secondary N) is 1. The van der Waals surface area contributed by atoms with E-state index in [4.69, 9.17) is 0 Å². The molecule has 0 bridgehead atoms. The van der Waals surface area contributed by atoms with Crippen molar-refractivity contribution in [3.8, 4) is 0 Å². The zero-order valence-electron chi connectivity index (χ0n) is 13.4. The highest BCUT2D eigenvalue weighted by atomic mass is 19.3. The summed E-state index contributed by atoms with van der Waals surface area (Å²) in [7, 11) is 0. The second kappa shape index (κ2) is 6.84. The molecule has 1 atom stereocenters. The predicted molar refractivity (Wildman–Crippen MR) is 84.5 cm³/mol. The van der Waals surface area contributed by atoms with E-state index in [1.807, 2.05) is 0 Å². The molecule has 2 heterocycles. The lowest BCUT2D eigenvalue weighted by Crippen LogP contribution is -2.58. The van der Waals surface area contributed by atoms with Gasteiger partial charge in [-0.2, -0.15) is 8.78 Å². The molecule has 2 fully saturated rings. The number of carbonyl (C=O) groups excluding carboxylic acids is 2. The Labute approximate surface area is 139 Å². The first-order valence-electron chi connectivity index (χ1n) is 8.23. The Morgan fingerprint density at radius 1 is 1.21 bits per heavy atom. The molecule has 2 amide bonds. The average Bonchev–Trinajstić information content (AvgIpc) is 2.62. The molecule has 5 nitrogen and oxygen atoms in total. The third kappa shape index (κ3) is 3.26. The number of likely N-dealkylation sites (tertiary alicyclic amines) is 1. The van der Waals surface area contributed by atoms with Crippen LogP contribution in [0.4, 0.5) is 8.78 Å². The van der Waals surface area contributed by atoms with Gasteiger partial charge in [-0.3, -0.25) is 9.59 Å². The van der Waals surface area contributed by atoms with Crippen LogP contribution >= 0.6 is 0 Å². The van der Waals surface area contributed by atoms with Crippen molar-refractivity contribution >= 4 is 11.8 Å². The van der Waals surface area contributed by atoms with Crippen molar-refractivity contribution in [2.45, 2.75) is 24.8 Å². The average molecular weight is 337 g/mol. The summed E-state index contributed by atoms with van der Waals surface area (Å²) in [4.78, 5) is 27.3. The molecule has 0 radical (unpaired) electrons. The molecular weight excluding hydrogens is 316 g/mol. The zero-order valence-corrected chi connectivity index (χ0v) is 13.4. The third-order valence-corrected chi connectivity index (χ3v) is 4.66. The van der Waals surface area contributed by atoms with Crippen molar-refractivity contribution in [2.24, 2.45) is 0 Å². The van der Waals surface area contributed by atoms with Gasteiger partial charge >= 0.3 is 5.92 Å². The number of benzene rings is 1. The minimum atomic E-state index is -3.55. The Morgan fingerprint density at radius 3 is 2.67 bits per heavy atom. The molecule has 24 heavy (non-hydrogen) atoms. The van der Waals surface area contributed by atoms with E-state index in [0.717, 1.165) is 6.42 Å². The van der Waals surface area contributed by atoms with Crippen LogP contribution in [0.15, 0.2) is 30.3 Å². The quantitative estimate of drug-likeness (QED) is 0.902. The molecule has 130 valence electrons. The number of piperazine rings is 1. The van der Waals surface area contributed by atoms with E-state index in [-0.39, 0.29) is 30.6 Å². The fourth-order valence-electron chi connectivity index (χ4n) is 3.37. The largest absolute Gasteiger partial charge is 0.349 e. The lowest BCUT2D eigenvalue weighted by molar-refractivity contribution is -0.162. The van der Waals surface area contributed by atoms with Crippen molar-refractivity contribution in [1.82, 2.24) is 15.1 Å². The normalized spacial score (nSPS) is 22.6. The van der Waals surface area contributed by atoms with E-state index in [1.165, 1.54) is 29.2 Å². The molecule has 1 N–H and O–H groups in total. The van der Waals surface area contributed by atoms with Crippen LogP contribution in [0.2, 0.25) is 0 Å². The number of rotatable bonds is 3. The first-order valence-corrected chi connectivity index (χ1v) is 8.23. The molecule has 1 aromatic rings. The minimum Gasteiger partial charge on any atom is -0.336 e. The van der Waals surface area contributed by atoms with Crippen LogP contribution in [-0.2, 0) is 15.5 Å². The first-order chi connectivity index (χ1) is 11.5. The second-order valence-electron chi connectivity index (χ2n) is 6.25. The van der Waals surface area contributed by atoms with Gasteiger partial charge in [0.15, 0.2) is 0 Å². The summed E-state index contributed by atoms with van der Waals surface area (Å²) < 4.78 is 29.0. The maximum absolute atomic E-state index is 14.5. The molecule has 2 aliphatic heterocycles. The molecule has 1 unspecified atom stereocenters. The zero-order chi connectivity index (χ0) is 17.2. The summed E-state index contributed by atoms with van der Waals surface area (Å²) in [6, 6.07) is 6.97. The van der Waals surface area contributed by atoms with Crippen molar-refractivity contribution in [1.29, 1.82) is 0 Å². The number of piperidine rings is 1. The van der Waals surface area contributed by atoms with E-state index in [1.54, 1.807) is 11.0 Å². The number of hydrogen-bond acceptors (Lipinski definition) is 3. The lowest BCUT2D eigenvalue weighted by Gasteiger charge is -2.41. The number of hydrogen-bond donors (Lipinski definition) is 1. The van der Waals surface area contributed by atoms with E-state index < -0.39 is 11.8 Å². The molecule has 0 aromatic heterocycles. The number of nitrogens with zero attached hydrogens (tertiary/aromatic N) is 2. The van der Waals surface area contributed by atoms with Gasteiger partial charge in [0.25, 0.3) is 5.91 Å². The summed E-state index contributed by atoms with van der Waals surface area (Å²) in [6.45, 7) is 1.99. The molecule has 2 saturated heterocycles. The SMILES string of the molecule is O=C1CNCCN1C1CCCN(C(=O)C(F)(F)c2ccccc2)C1. The van der Waals surface area contributed by atoms with Crippen molar-refractivity contribution in [3.05, 3.63) is 35.9 Å². The van der Waals surface area contributed by atoms with Crippen LogP contribution < -0.4 is 5.32 Å². The Bertz CT molecular complexity index is 609. The second-order valence-corrected chi connectivity index (χ2v) is 6.25. The van der Waals surface area contributed by atoms with Crippen LogP contribution in [-0.4, -0.2) is 60.4 Å². The fraction of sp³-hybridized carbons (Fsp3) is 0.529. The summed E-state index contributed by atoms with van der Waals surface area (Å²) in [6.07, 6.45) is 1.37. The van der Waals surface area contributed by atoms with E-state index >= 15 is 0 Å². The number of alkyl halides is 2.